The second-order valence-electron chi connectivity index (χ2n) is 5.62. The number of amides is 1. The van der Waals surface area contributed by atoms with Crippen LogP contribution < -0.4 is 0 Å². The Morgan fingerprint density at radius 3 is 2.78 bits per heavy atom. The Hall–Kier alpha value is -1.10. The Morgan fingerprint density at radius 1 is 1.50 bits per heavy atom. The number of nitrogens with zero attached hydrogens (tertiary/aromatic N) is 1. The zero-order valence-electron chi connectivity index (χ0n) is 11.0. The van der Waals surface area contributed by atoms with Crippen molar-refractivity contribution in [3.63, 3.8) is 0 Å². The van der Waals surface area contributed by atoms with Crippen molar-refractivity contribution in [3.8, 4) is 0 Å². The van der Waals surface area contributed by atoms with Crippen LogP contribution in [0.3, 0.4) is 0 Å². The molecule has 18 heavy (non-hydrogen) atoms. The van der Waals surface area contributed by atoms with Gasteiger partial charge in [-0.2, -0.15) is 0 Å². The van der Waals surface area contributed by atoms with Crippen LogP contribution in [-0.4, -0.2) is 47.7 Å². The van der Waals surface area contributed by atoms with Crippen LogP contribution in [0.4, 0.5) is 0 Å². The molecule has 2 aliphatic rings. The SMILES string of the molecule is CCC1(C)CC1C(=O)N1CCOCC1CC(=O)O. The van der Waals surface area contributed by atoms with Crippen molar-refractivity contribution in [1.82, 2.24) is 4.90 Å². The van der Waals surface area contributed by atoms with E-state index in [1.165, 1.54) is 0 Å². The van der Waals surface area contributed by atoms with Gasteiger partial charge in [-0.25, -0.2) is 0 Å². The van der Waals surface area contributed by atoms with E-state index in [-0.39, 0.29) is 29.7 Å². The van der Waals surface area contributed by atoms with Gasteiger partial charge in [0.25, 0.3) is 0 Å². The van der Waals surface area contributed by atoms with Crippen molar-refractivity contribution in [2.75, 3.05) is 19.8 Å². The average molecular weight is 255 g/mol. The van der Waals surface area contributed by atoms with E-state index in [9.17, 15) is 9.59 Å². The van der Waals surface area contributed by atoms with Gasteiger partial charge in [-0.3, -0.25) is 9.59 Å². The maximum absolute atomic E-state index is 12.4. The third-order valence-electron chi connectivity index (χ3n) is 4.38. The number of carboxylic acid groups (broad SMARTS) is 1. The van der Waals surface area contributed by atoms with E-state index in [0.29, 0.717) is 19.8 Å². The molecule has 5 heteroatoms. The van der Waals surface area contributed by atoms with Gasteiger partial charge in [0, 0.05) is 12.5 Å². The molecule has 1 saturated carbocycles. The Bertz CT molecular complexity index is 357. The molecule has 5 nitrogen and oxygen atoms in total. The number of hydrogen-bond donors (Lipinski definition) is 1. The van der Waals surface area contributed by atoms with Gasteiger partial charge in [-0.1, -0.05) is 13.8 Å². The number of carbonyl (C=O) groups is 2. The quantitative estimate of drug-likeness (QED) is 0.817. The molecule has 3 unspecified atom stereocenters. The van der Waals surface area contributed by atoms with Crippen molar-refractivity contribution in [2.24, 2.45) is 11.3 Å². The zero-order valence-corrected chi connectivity index (χ0v) is 11.0. The maximum atomic E-state index is 12.4. The number of rotatable bonds is 4. The summed E-state index contributed by atoms with van der Waals surface area (Å²) in [5.41, 5.74) is 0.128. The standard InChI is InChI=1S/C13H21NO4/c1-3-13(2)7-10(13)12(17)14-4-5-18-8-9(14)6-11(15)16/h9-10H,3-8H2,1-2H3,(H,15,16). The highest BCUT2D eigenvalue weighted by Crippen LogP contribution is 2.55. The molecular weight excluding hydrogens is 234 g/mol. The van der Waals surface area contributed by atoms with Crippen molar-refractivity contribution in [1.29, 1.82) is 0 Å². The summed E-state index contributed by atoms with van der Waals surface area (Å²) in [6, 6.07) is -0.301. The molecule has 1 heterocycles. The molecule has 1 aliphatic carbocycles. The molecule has 3 atom stereocenters. The summed E-state index contributed by atoms with van der Waals surface area (Å²) < 4.78 is 5.28. The van der Waals surface area contributed by atoms with E-state index >= 15 is 0 Å². The van der Waals surface area contributed by atoms with Gasteiger partial charge in [-0.05, 0) is 18.3 Å². The molecule has 1 N–H and O–H groups in total. The number of carbonyl (C=O) groups excluding carboxylic acids is 1. The van der Waals surface area contributed by atoms with Crippen molar-refractivity contribution < 1.29 is 19.4 Å². The molecule has 1 aliphatic heterocycles. The third-order valence-corrected chi connectivity index (χ3v) is 4.38. The molecule has 0 aromatic carbocycles. The Balaban J connectivity index is 2.01. The van der Waals surface area contributed by atoms with Gasteiger partial charge in [0.15, 0.2) is 0 Å². The monoisotopic (exact) mass is 255 g/mol. The molecule has 0 spiro atoms. The predicted octanol–water partition coefficient (Wildman–Crippen LogP) is 1.12. The minimum absolute atomic E-state index is 0.0265. The second-order valence-corrected chi connectivity index (χ2v) is 5.62. The lowest BCUT2D eigenvalue weighted by molar-refractivity contribution is -0.147. The van der Waals surface area contributed by atoms with E-state index in [1.54, 1.807) is 4.90 Å². The Morgan fingerprint density at radius 2 is 2.22 bits per heavy atom. The molecule has 0 aromatic heterocycles. The van der Waals surface area contributed by atoms with Crippen molar-refractivity contribution in [3.05, 3.63) is 0 Å². The van der Waals surface area contributed by atoms with Crippen LogP contribution in [-0.2, 0) is 14.3 Å². The molecule has 2 fully saturated rings. The third kappa shape index (κ3) is 2.51. The summed E-state index contributed by atoms with van der Waals surface area (Å²) in [5, 5.41) is 8.87. The lowest BCUT2D eigenvalue weighted by Gasteiger charge is -2.35. The molecule has 2 rings (SSSR count). The van der Waals surface area contributed by atoms with Gasteiger partial charge in [0.05, 0.1) is 25.7 Å². The van der Waals surface area contributed by atoms with Crippen molar-refractivity contribution in [2.45, 2.75) is 39.2 Å². The lowest BCUT2D eigenvalue weighted by Crippen LogP contribution is -2.50. The largest absolute Gasteiger partial charge is 0.481 e. The molecule has 1 saturated heterocycles. The maximum Gasteiger partial charge on any atom is 0.305 e. The van der Waals surface area contributed by atoms with Crippen LogP contribution in [0.15, 0.2) is 0 Å². The smallest absolute Gasteiger partial charge is 0.305 e. The summed E-state index contributed by atoms with van der Waals surface area (Å²) in [6.07, 6.45) is 1.90. The van der Waals surface area contributed by atoms with Crippen molar-refractivity contribution >= 4 is 11.9 Å². The van der Waals surface area contributed by atoms with Crippen LogP contribution in [0.1, 0.15) is 33.1 Å². The Kier molecular flexibility index (Phi) is 3.61. The number of carboxylic acids is 1. The second kappa shape index (κ2) is 4.88. The summed E-state index contributed by atoms with van der Waals surface area (Å²) >= 11 is 0. The highest BCUT2D eigenvalue weighted by molar-refractivity contribution is 5.83. The minimum atomic E-state index is -0.877. The van der Waals surface area contributed by atoms with Gasteiger partial charge in [-0.15, -0.1) is 0 Å². The fraction of sp³-hybridized carbons (Fsp3) is 0.846. The van der Waals surface area contributed by atoms with Crippen LogP contribution in [0.25, 0.3) is 0 Å². The highest BCUT2D eigenvalue weighted by atomic mass is 16.5. The molecule has 102 valence electrons. The molecule has 0 bridgehead atoms. The van der Waals surface area contributed by atoms with Crippen LogP contribution in [0.5, 0.6) is 0 Å². The Labute approximate surface area is 107 Å². The molecule has 0 aromatic rings. The minimum Gasteiger partial charge on any atom is -0.481 e. The molecular formula is C13H21NO4. The first-order chi connectivity index (χ1) is 8.48. The van der Waals surface area contributed by atoms with E-state index < -0.39 is 5.97 Å². The first kappa shape index (κ1) is 13.3. The van der Waals surface area contributed by atoms with Gasteiger partial charge in [0.1, 0.15) is 0 Å². The first-order valence-corrected chi connectivity index (χ1v) is 6.58. The van der Waals surface area contributed by atoms with Gasteiger partial charge in [0.2, 0.25) is 5.91 Å². The average Bonchev–Trinajstić information content (AvgIpc) is 3.02. The van der Waals surface area contributed by atoms with Gasteiger partial charge >= 0.3 is 5.97 Å². The topological polar surface area (TPSA) is 66.8 Å². The number of hydrogen-bond acceptors (Lipinski definition) is 3. The number of ether oxygens (including phenoxy) is 1. The van der Waals surface area contributed by atoms with Crippen LogP contribution in [0.2, 0.25) is 0 Å². The molecule has 0 radical (unpaired) electrons. The van der Waals surface area contributed by atoms with E-state index in [0.717, 1.165) is 12.8 Å². The summed E-state index contributed by atoms with van der Waals surface area (Å²) in [5.74, 6) is -0.678. The predicted molar refractivity (Wildman–Crippen MR) is 65.1 cm³/mol. The fourth-order valence-electron chi connectivity index (χ4n) is 2.70. The summed E-state index contributed by atoms with van der Waals surface area (Å²) in [6.45, 7) is 5.60. The van der Waals surface area contributed by atoms with Crippen LogP contribution in [0, 0.1) is 11.3 Å². The van der Waals surface area contributed by atoms with E-state index in [2.05, 4.69) is 13.8 Å². The first-order valence-electron chi connectivity index (χ1n) is 6.58. The van der Waals surface area contributed by atoms with E-state index in [1.807, 2.05) is 0 Å². The number of morpholine rings is 1. The highest BCUT2D eigenvalue weighted by Gasteiger charge is 2.54. The zero-order chi connectivity index (χ0) is 13.3. The van der Waals surface area contributed by atoms with Crippen LogP contribution >= 0.6 is 0 Å². The summed E-state index contributed by atoms with van der Waals surface area (Å²) in [4.78, 5) is 24.9. The normalized spacial score (nSPS) is 35.3. The fourth-order valence-corrected chi connectivity index (χ4v) is 2.70. The molecule has 1 amide bonds. The van der Waals surface area contributed by atoms with Gasteiger partial charge < -0.3 is 14.7 Å². The number of aliphatic carboxylic acids is 1. The lowest BCUT2D eigenvalue weighted by atomic mass is 10.0. The summed E-state index contributed by atoms with van der Waals surface area (Å²) in [7, 11) is 0. The van der Waals surface area contributed by atoms with E-state index in [4.69, 9.17) is 9.84 Å².